The quantitative estimate of drug-likeness (QED) is 0.556. The van der Waals surface area contributed by atoms with E-state index >= 15 is 0 Å². The molecule has 0 aliphatic heterocycles. The maximum atomic E-state index is 11.3. The minimum Gasteiger partial charge on any atom is -0.299 e. The number of rotatable bonds is 6. The first-order valence-corrected chi connectivity index (χ1v) is 4.74. The highest BCUT2D eigenvalue weighted by molar-refractivity contribution is 5.80. The van der Waals surface area contributed by atoms with Gasteiger partial charge in [-0.05, 0) is 18.8 Å². The molecular formula is C11H20O. The van der Waals surface area contributed by atoms with Crippen LogP contribution in [0.1, 0.15) is 46.5 Å². The molecule has 0 N–H and O–H groups in total. The number of carbonyl (C=O) groups excluding carboxylic acids is 1. The van der Waals surface area contributed by atoms with Crippen LogP contribution in [-0.2, 0) is 4.79 Å². The molecular weight excluding hydrogens is 148 g/mol. The molecule has 0 aromatic rings. The van der Waals surface area contributed by atoms with Gasteiger partial charge in [0.25, 0.3) is 0 Å². The van der Waals surface area contributed by atoms with Gasteiger partial charge < -0.3 is 0 Å². The van der Waals surface area contributed by atoms with Crippen LogP contribution in [0.15, 0.2) is 12.2 Å². The van der Waals surface area contributed by atoms with Crippen LogP contribution in [0.5, 0.6) is 0 Å². The van der Waals surface area contributed by atoms with Crippen LogP contribution in [-0.4, -0.2) is 5.78 Å². The van der Waals surface area contributed by atoms with E-state index < -0.39 is 0 Å². The molecule has 0 unspecified atom stereocenters. The molecule has 1 nitrogen and oxygen atoms in total. The first-order valence-electron chi connectivity index (χ1n) is 4.74. The van der Waals surface area contributed by atoms with E-state index in [-0.39, 0.29) is 0 Å². The fraction of sp³-hybridized carbons (Fsp3) is 0.727. The zero-order valence-corrected chi connectivity index (χ0v) is 8.52. The molecule has 0 aromatic heterocycles. The lowest BCUT2D eigenvalue weighted by Gasteiger charge is -2.04. The highest BCUT2D eigenvalue weighted by Crippen LogP contribution is 2.10. The molecule has 0 saturated heterocycles. The number of ketones is 1. The van der Waals surface area contributed by atoms with Crippen molar-refractivity contribution in [1.82, 2.24) is 0 Å². The third kappa shape index (κ3) is 6.14. The van der Waals surface area contributed by atoms with Gasteiger partial charge in [-0.3, -0.25) is 4.79 Å². The molecule has 0 spiro atoms. The van der Waals surface area contributed by atoms with Crippen LogP contribution in [0.3, 0.4) is 0 Å². The zero-order chi connectivity index (χ0) is 9.56. The molecule has 1 heteroatoms. The van der Waals surface area contributed by atoms with Gasteiger partial charge in [-0.1, -0.05) is 32.9 Å². The van der Waals surface area contributed by atoms with Crippen LogP contribution >= 0.6 is 0 Å². The van der Waals surface area contributed by atoms with E-state index in [9.17, 15) is 4.79 Å². The molecule has 0 aromatic carbocycles. The molecule has 0 radical (unpaired) electrons. The number of allylic oxidation sites excluding steroid dienone is 1. The minimum atomic E-state index is 0.343. The van der Waals surface area contributed by atoms with Crippen molar-refractivity contribution in [2.24, 2.45) is 5.92 Å². The molecule has 0 saturated carbocycles. The zero-order valence-electron chi connectivity index (χ0n) is 8.52. The fourth-order valence-electron chi connectivity index (χ4n) is 0.942. The van der Waals surface area contributed by atoms with E-state index in [0.717, 1.165) is 24.8 Å². The number of hydrogen-bond acceptors (Lipinski definition) is 1. The molecule has 0 atom stereocenters. The Morgan fingerprint density at radius 2 is 2.00 bits per heavy atom. The van der Waals surface area contributed by atoms with Crippen LogP contribution in [0, 0.1) is 5.92 Å². The van der Waals surface area contributed by atoms with E-state index in [1.54, 1.807) is 0 Å². The predicted octanol–water partition coefficient (Wildman–Crippen LogP) is 3.35. The van der Waals surface area contributed by atoms with Crippen molar-refractivity contribution in [3.8, 4) is 0 Å². The van der Waals surface area contributed by atoms with Crippen LogP contribution in [0.2, 0.25) is 0 Å². The van der Waals surface area contributed by atoms with E-state index in [0.29, 0.717) is 18.1 Å². The maximum Gasteiger partial charge on any atom is 0.136 e. The van der Waals surface area contributed by atoms with Gasteiger partial charge in [0.2, 0.25) is 0 Å². The average molecular weight is 168 g/mol. The van der Waals surface area contributed by atoms with Crippen molar-refractivity contribution in [2.75, 3.05) is 0 Å². The summed E-state index contributed by atoms with van der Waals surface area (Å²) in [7, 11) is 0. The van der Waals surface area contributed by atoms with Gasteiger partial charge >= 0.3 is 0 Å². The normalized spacial score (nSPS) is 10.3. The van der Waals surface area contributed by atoms with Crippen molar-refractivity contribution in [2.45, 2.75) is 46.5 Å². The summed E-state index contributed by atoms with van der Waals surface area (Å²) in [6.07, 6.45) is 3.24. The Labute approximate surface area is 75.9 Å². The number of hydrogen-bond donors (Lipinski definition) is 0. The van der Waals surface area contributed by atoms with Gasteiger partial charge in [-0.25, -0.2) is 0 Å². The molecule has 0 rings (SSSR count). The minimum absolute atomic E-state index is 0.343. The van der Waals surface area contributed by atoms with Crippen molar-refractivity contribution < 1.29 is 4.79 Å². The summed E-state index contributed by atoms with van der Waals surface area (Å²) < 4.78 is 0. The second-order valence-electron chi connectivity index (χ2n) is 3.75. The fourth-order valence-corrected chi connectivity index (χ4v) is 0.942. The summed E-state index contributed by atoms with van der Waals surface area (Å²) in [5.41, 5.74) is 1.06. The topological polar surface area (TPSA) is 17.1 Å². The summed E-state index contributed by atoms with van der Waals surface area (Å²) in [5.74, 6) is 0.972. The van der Waals surface area contributed by atoms with Gasteiger partial charge in [0.05, 0.1) is 0 Å². The molecule has 0 aliphatic carbocycles. The summed E-state index contributed by atoms with van der Waals surface area (Å²) in [5, 5.41) is 0. The van der Waals surface area contributed by atoms with Crippen molar-refractivity contribution in [1.29, 1.82) is 0 Å². The standard InChI is InChI=1S/C11H20O/c1-5-10(4)8-11(12)7-6-9(2)3/h9H,4-8H2,1-3H3. The van der Waals surface area contributed by atoms with Crippen LogP contribution < -0.4 is 0 Å². The Morgan fingerprint density at radius 1 is 1.42 bits per heavy atom. The van der Waals surface area contributed by atoms with E-state index in [4.69, 9.17) is 0 Å². The summed E-state index contributed by atoms with van der Waals surface area (Å²) in [4.78, 5) is 11.3. The second-order valence-corrected chi connectivity index (χ2v) is 3.75. The monoisotopic (exact) mass is 168 g/mol. The third-order valence-electron chi connectivity index (χ3n) is 1.95. The lowest BCUT2D eigenvalue weighted by molar-refractivity contribution is -0.118. The molecule has 0 fully saturated rings. The smallest absolute Gasteiger partial charge is 0.136 e. The lowest BCUT2D eigenvalue weighted by atomic mass is 10.0. The number of carbonyl (C=O) groups is 1. The lowest BCUT2D eigenvalue weighted by Crippen LogP contribution is -2.01. The molecule has 0 amide bonds. The van der Waals surface area contributed by atoms with Gasteiger partial charge in [0, 0.05) is 12.8 Å². The SMILES string of the molecule is C=C(CC)CC(=O)CCC(C)C. The Bertz CT molecular complexity index is 156. The summed E-state index contributed by atoms with van der Waals surface area (Å²) >= 11 is 0. The molecule has 0 heterocycles. The van der Waals surface area contributed by atoms with Crippen LogP contribution in [0.25, 0.3) is 0 Å². The van der Waals surface area contributed by atoms with Gasteiger partial charge in [-0.15, -0.1) is 0 Å². The van der Waals surface area contributed by atoms with E-state index in [1.807, 2.05) is 6.92 Å². The highest BCUT2D eigenvalue weighted by Gasteiger charge is 2.04. The van der Waals surface area contributed by atoms with Crippen LogP contribution in [0.4, 0.5) is 0 Å². The number of Topliss-reactive ketones (excluding diaryl/α,β-unsaturated/α-hetero) is 1. The van der Waals surface area contributed by atoms with Crippen molar-refractivity contribution in [3.05, 3.63) is 12.2 Å². The Morgan fingerprint density at radius 3 is 2.42 bits per heavy atom. The highest BCUT2D eigenvalue weighted by atomic mass is 16.1. The molecule has 0 bridgehead atoms. The van der Waals surface area contributed by atoms with Crippen molar-refractivity contribution >= 4 is 5.78 Å². The largest absolute Gasteiger partial charge is 0.299 e. The first-order chi connectivity index (χ1) is 5.56. The van der Waals surface area contributed by atoms with Gasteiger partial charge in [-0.2, -0.15) is 0 Å². The average Bonchev–Trinajstić information content (AvgIpc) is 2.00. The van der Waals surface area contributed by atoms with Crippen molar-refractivity contribution in [3.63, 3.8) is 0 Å². The Kier molecular flexibility index (Phi) is 5.69. The molecule has 70 valence electrons. The van der Waals surface area contributed by atoms with E-state index in [2.05, 4.69) is 20.4 Å². The summed E-state index contributed by atoms with van der Waals surface area (Å²) in [6, 6.07) is 0. The predicted molar refractivity (Wildman–Crippen MR) is 53.1 cm³/mol. The Hall–Kier alpha value is -0.590. The van der Waals surface area contributed by atoms with Gasteiger partial charge in [0.1, 0.15) is 5.78 Å². The van der Waals surface area contributed by atoms with Gasteiger partial charge in [0.15, 0.2) is 0 Å². The molecule has 12 heavy (non-hydrogen) atoms. The summed E-state index contributed by atoms with van der Waals surface area (Å²) in [6.45, 7) is 10.1. The Balaban J connectivity index is 3.53. The maximum absolute atomic E-state index is 11.3. The van der Waals surface area contributed by atoms with E-state index in [1.165, 1.54) is 0 Å². The third-order valence-corrected chi connectivity index (χ3v) is 1.95. The second kappa shape index (κ2) is 5.99. The molecule has 0 aliphatic rings. The first kappa shape index (κ1) is 11.4.